The van der Waals surface area contributed by atoms with Crippen LogP contribution in [0.25, 0.3) is 0 Å². The zero-order chi connectivity index (χ0) is 23.4. The van der Waals surface area contributed by atoms with Crippen molar-refractivity contribution in [3.63, 3.8) is 0 Å². The number of amides is 2. The Balaban J connectivity index is 1.26. The molecule has 6 nitrogen and oxygen atoms in total. The number of aromatic nitrogens is 1. The number of halogens is 3. The molecule has 1 unspecified atom stereocenters. The maximum Gasteiger partial charge on any atom is 0.417 e. The number of alkyl halides is 3. The highest BCUT2D eigenvalue weighted by molar-refractivity contribution is 5.97. The summed E-state index contributed by atoms with van der Waals surface area (Å²) >= 11 is 0. The van der Waals surface area contributed by atoms with Crippen LogP contribution in [0.15, 0.2) is 48.8 Å². The van der Waals surface area contributed by atoms with Crippen molar-refractivity contribution in [3.8, 4) is 0 Å². The van der Waals surface area contributed by atoms with E-state index in [-0.39, 0.29) is 18.5 Å². The molecule has 1 atom stereocenters. The maximum absolute atomic E-state index is 13.1. The molecule has 0 saturated carbocycles. The van der Waals surface area contributed by atoms with Crippen LogP contribution < -0.4 is 5.32 Å². The Morgan fingerprint density at radius 1 is 1.03 bits per heavy atom. The van der Waals surface area contributed by atoms with Crippen molar-refractivity contribution >= 4 is 11.8 Å². The molecule has 176 valence electrons. The molecule has 0 spiro atoms. The molecule has 1 aromatic heterocycles. The molecule has 9 heteroatoms. The Labute approximate surface area is 190 Å². The van der Waals surface area contributed by atoms with Gasteiger partial charge in [0.25, 0.3) is 5.91 Å². The molecule has 0 bridgehead atoms. The van der Waals surface area contributed by atoms with Gasteiger partial charge in [0.1, 0.15) is 0 Å². The molecule has 33 heavy (non-hydrogen) atoms. The molecule has 1 N–H and O–H groups in total. The normalized spacial score (nSPS) is 20.1. The summed E-state index contributed by atoms with van der Waals surface area (Å²) in [4.78, 5) is 32.6. The van der Waals surface area contributed by atoms with Gasteiger partial charge in [-0.25, -0.2) is 0 Å². The topological polar surface area (TPSA) is 65.5 Å². The van der Waals surface area contributed by atoms with Crippen molar-refractivity contribution in [2.45, 2.75) is 37.4 Å². The summed E-state index contributed by atoms with van der Waals surface area (Å²) in [7, 11) is 0. The molecule has 1 aromatic carbocycles. The Kier molecular flexibility index (Phi) is 6.97. The van der Waals surface area contributed by atoms with Crippen molar-refractivity contribution in [3.05, 3.63) is 65.5 Å². The SMILES string of the molecule is O=C(NCC(=O)N1CCC(N2CCC(c3ccccc3)CC2)C1)c1cnccc1C(F)(F)F. The lowest BCUT2D eigenvalue weighted by molar-refractivity contribution is -0.138. The standard InChI is InChI=1S/C24H27F3N4O2/c25-24(26,27)21-6-10-28-14-20(21)23(33)29-15-22(32)31-13-9-19(16-31)30-11-7-18(8-12-30)17-4-2-1-3-5-17/h1-6,10,14,18-19H,7-9,11-13,15-16H2,(H,29,33). The second-order valence-electron chi connectivity index (χ2n) is 8.60. The third-order valence-corrected chi connectivity index (χ3v) is 6.60. The zero-order valence-corrected chi connectivity index (χ0v) is 18.2. The molecule has 2 aromatic rings. The first-order valence-corrected chi connectivity index (χ1v) is 11.2. The molecule has 2 aliphatic rings. The summed E-state index contributed by atoms with van der Waals surface area (Å²) in [6.07, 6.45) is 0.200. The molecule has 0 aliphatic carbocycles. The number of nitrogens with zero attached hydrogens (tertiary/aromatic N) is 3. The van der Waals surface area contributed by atoms with Gasteiger partial charge in [0.2, 0.25) is 5.91 Å². The number of likely N-dealkylation sites (tertiary alicyclic amines) is 2. The Hall–Kier alpha value is -2.94. The zero-order valence-electron chi connectivity index (χ0n) is 18.2. The maximum atomic E-state index is 13.1. The molecule has 3 heterocycles. The van der Waals surface area contributed by atoms with Crippen LogP contribution in [0, 0.1) is 0 Å². The lowest BCUT2D eigenvalue weighted by Gasteiger charge is -2.36. The van der Waals surface area contributed by atoms with Crippen LogP contribution in [-0.4, -0.2) is 65.4 Å². The second kappa shape index (κ2) is 9.91. The highest BCUT2D eigenvalue weighted by Gasteiger charge is 2.36. The summed E-state index contributed by atoms with van der Waals surface area (Å²) in [5.41, 5.74) is -0.278. The summed E-state index contributed by atoms with van der Waals surface area (Å²) in [6, 6.07) is 11.5. The van der Waals surface area contributed by atoms with E-state index in [4.69, 9.17) is 0 Å². The summed E-state index contributed by atoms with van der Waals surface area (Å²) in [5.74, 6) is -0.684. The van der Waals surface area contributed by atoms with Crippen molar-refractivity contribution in [1.82, 2.24) is 20.1 Å². The Bertz CT molecular complexity index is 975. The van der Waals surface area contributed by atoms with Gasteiger partial charge in [-0.1, -0.05) is 30.3 Å². The molecule has 2 amide bonds. The molecule has 4 rings (SSSR count). The third kappa shape index (κ3) is 5.52. The van der Waals surface area contributed by atoms with E-state index < -0.39 is 23.2 Å². The fourth-order valence-electron chi connectivity index (χ4n) is 4.78. The fraction of sp³-hybridized carbons (Fsp3) is 0.458. The smallest absolute Gasteiger partial charge is 0.343 e. The van der Waals surface area contributed by atoms with Gasteiger partial charge < -0.3 is 10.2 Å². The predicted molar refractivity (Wildman–Crippen MR) is 117 cm³/mol. The largest absolute Gasteiger partial charge is 0.417 e. The van der Waals surface area contributed by atoms with Crippen molar-refractivity contribution in [1.29, 1.82) is 0 Å². The number of carbonyl (C=O) groups is 2. The van der Waals surface area contributed by atoms with Crippen LogP contribution in [-0.2, 0) is 11.0 Å². The summed E-state index contributed by atoms with van der Waals surface area (Å²) < 4.78 is 39.3. The van der Waals surface area contributed by atoms with E-state index in [1.807, 2.05) is 6.07 Å². The van der Waals surface area contributed by atoms with Gasteiger partial charge in [-0.3, -0.25) is 19.5 Å². The van der Waals surface area contributed by atoms with E-state index >= 15 is 0 Å². The van der Waals surface area contributed by atoms with Gasteiger partial charge in [-0.05, 0) is 49.9 Å². The third-order valence-electron chi connectivity index (χ3n) is 6.60. The van der Waals surface area contributed by atoms with Crippen LogP contribution in [0.5, 0.6) is 0 Å². The first kappa shape index (κ1) is 23.2. The second-order valence-corrected chi connectivity index (χ2v) is 8.60. The molecule has 2 saturated heterocycles. The van der Waals surface area contributed by atoms with Crippen LogP contribution in [0.4, 0.5) is 13.2 Å². The fourth-order valence-corrected chi connectivity index (χ4v) is 4.78. The van der Waals surface area contributed by atoms with E-state index in [1.165, 1.54) is 5.56 Å². The highest BCUT2D eigenvalue weighted by atomic mass is 19.4. The molecule has 2 aliphatic heterocycles. The lowest BCUT2D eigenvalue weighted by atomic mass is 9.89. The van der Waals surface area contributed by atoms with Gasteiger partial charge in [0.05, 0.1) is 17.7 Å². The number of carbonyl (C=O) groups excluding carboxylic acids is 2. The molecule has 0 radical (unpaired) electrons. The van der Waals surface area contributed by atoms with E-state index in [2.05, 4.69) is 39.5 Å². The lowest BCUT2D eigenvalue weighted by Crippen LogP contribution is -2.44. The number of pyridine rings is 1. The Morgan fingerprint density at radius 2 is 1.76 bits per heavy atom. The van der Waals surface area contributed by atoms with Gasteiger partial charge >= 0.3 is 6.18 Å². The van der Waals surface area contributed by atoms with E-state index in [1.54, 1.807) is 4.90 Å². The van der Waals surface area contributed by atoms with Crippen molar-refractivity contribution in [2.24, 2.45) is 0 Å². The van der Waals surface area contributed by atoms with Crippen molar-refractivity contribution < 1.29 is 22.8 Å². The van der Waals surface area contributed by atoms with E-state index in [0.29, 0.717) is 19.0 Å². The molecular formula is C24H27F3N4O2. The molecule has 2 fully saturated rings. The number of hydrogen-bond acceptors (Lipinski definition) is 4. The summed E-state index contributed by atoms with van der Waals surface area (Å²) in [5, 5.41) is 2.32. The van der Waals surface area contributed by atoms with E-state index in [0.717, 1.165) is 50.8 Å². The van der Waals surface area contributed by atoms with Crippen LogP contribution in [0.3, 0.4) is 0 Å². The number of piperidine rings is 1. The van der Waals surface area contributed by atoms with Gasteiger partial charge in [0, 0.05) is 31.5 Å². The Morgan fingerprint density at radius 3 is 2.45 bits per heavy atom. The number of nitrogens with one attached hydrogen (secondary N) is 1. The predicted octanol–water partition coefficient (Wildman–Crippen LogP) is 3.31. The average Bonchev–Trinajstić information content (AvgIpc) is 3.33. The van der Waals surface area contributed by atoms with Crippen molar-refractivity contribution in [2.75, 3.05) is 32.7 Å². The van der Waals surface area contributed by atoms with Crippen LogP contribution in [0.2, 0.25) is 0 Å². The highest BCUT2D eigenvalue weighted by Crippen LogP contribution is 2.32. The van der Waals surface area contributed by atoms with Gasteiger partial charge in [-0.15, -0.1) is 0 Å². The average molecular weight is 461 g/mol. The van der Waals surface area contributed by atoms with Crippen LogP contribution >= 0.6 is 0 Å². The monoisotopic (exact) mass is 460 g/mol. The minimum Gasteiger partial charge on any atom is -0.343 e. The molecular weight excluding hydrogens is 433 g/mol. The van der Waals surface area contributed by atoms with Gasteiger partial charge in [-0.2, -0.15) is 13.2 Å². The quantitative estimate of drug-likeness (QED) is 0.744. The minimum atomic E-state index is -4.67. The first-order chi connectivity index (χ1) is 15.8. The van der Waals surface area contributed by atoms with E-state index in [9.17, 15) is 22.8 Å². The number of hydrogen-bond donors (Lipinski definition) is 1. The minimum absolute atomic E-state index is 0.275. The first-order valence-electron chi connectivity index (χ1n) is 11.2. The number of benzene rings is 1. The van der Waals surface area contributed by atoms with Crippen LogP contribution in [0.1, 0.15) is 46.7 Å². The number of rotatable bonds is 5. The van der Waals surface area contributed by atoms with Gasteiger partial charge in [0.15, 0.2) is 0 Å². The summed E-state index contributed by atoms with van der Waals surface area (Å²) in [6.45, 7) is 2.77.